The SMILES string of the molecule is C=CCN(c1cncc(C(=O)O)n1)C1CC1. The molecule has 1 heterocycles. The van der Waals surface area contributed by atoms with Gasteiger partial charge in [-0.3, -0.25) is 4.98 Å². The summed E-state index contributed by atoms with van der Waals surface area (Å²) in [6, 6.07) is 0.455. The number of aromatic carboxylic acids is 1. The van der Waals surface area contributed by atoms with Gasteiger partial charge in [-0.25, -0.2) is 9.78 Å². The van der Waals surface area contributed by atoms with E-state index in [1.165, 1.54) is 6.20 Å². The van der Waals surface area contributed by atoms with E-state index in [1.54, 1.807) is 12.3 Å². The van der Waals surface area contributed by atoms with Crippen LogP contribution in [0.5, 0.6) is 0 Å². The maximum Gasteiger partial charge on any atom is 0.356 e. The van der Waals surface area contributed by atoms with Crippen molar-refractivity contribution < 1.29 is 9.90 Å². The van der Waals surface area contributed by atoms with E-state index in [2.05, 4.69) is 16.5 Å². The van der Waals surface area contributed by atoms with E-state index in [4.69, 9.17) is 5.11 Å². The minimum absolute atomic E-state index is 0.0211. The molecule has 1 aromatic rings. The number of carbonyl (C=O) groups is 1. The summed E-state index contributed by atoms with van der Waals surface area (Å²) in [4.78, 5) is 20.8. The molecule has 2 rings (SSSR count). The Morgan fingerprint density at radius 1 is 1.62 bits per heavy atom. The third kappa shape index (κ3) is 2.18. The fraction of sp³-hybridized carbons (Fsp3) is 0.364. The smallest absolute Gasteiger partial charge is 0.356 e. The van der Waals surface area contributed by atoms with E-state index < -0.39 is 5.97 Å². The van der Waals surface area contributed by atoms with Crippen LogP contribution in [0, 0.1) is 0 Å². The van der Waals surface area contributed by atoms with Crippen LogP contribution < -0.4 is 4.90 Å². The van der Waals surface area contributed by atoms with Crippen LogP contribution in [0.15, 0.2) is 25.0 Å². The zero-order valence-electron chi connectivity index (χ0n) is 8.83. The lowest BCUT2D eigenvalue weighted by atomic mass is 10.4. The molecule has 1 aromatic heterocycles. The molecule has 1 N–H and O–H groups in total. The van der Waals surface area contributed by atoms with Crippen molar-refractivity contribution in [2.75, 3.05) is 11.4 Å². The van der Waals surface area contributed by atoms with Crippen molar-refractivity contribution in [1.29, 1.82) is 0 Å². The van der Waals surface area contributed by atoms with Crippen molar-refractivity contribution in [2.24, 2.45) is 0 Å². The van der Waals surface area contributed by atoms with Gasteiger partial charge >= 0.3 is 5.97 Å². The molecule has 1 fully saturated rings. The first kappa shape index (κ1) is 10.6. The molecule has 0 atom stereocenters. The fourth-order valence-electron chi connectivity index (χ4n) is 1.55. The largest absolute Gasteiger partial charge is 0.476 e. The zero-order valence-corrected chi connectivity index (χ0v) is 8.83. The molecule has 0 aromatic carbocycles. The highest BCUT2D eigenvalue weighted by atomic mass is 16.4. The van der Waals surface area contributed by atoms with Gasteiger partial charge in [0.15, 0.2) is 5.69 Å². The van der Waals surface area contributed by atoms with Crippen molar-refractivity contribution in [3.8, 4) is 0 Å². The van der Waals surface area contributed by atoms with E-state index >= 15 is 0 Å². The molecule has 0 spiro atoms. The number of nitrogens with zero attached hydrogens (tertiary/aromatic N) is 3. The number of carboxylic acid groups (broad SMARTS) is 1. The van der Waals surface area contributed by atoms with Gasteiger partial charge < -0.3 is 10.0 Å². The molecule has 16 heavy (non-hydrogen) atoms. The minimum atomic E-state index is -1.05. The van der Waals surface area contributed by atoms with Crippen LogP contribution >= 0.6 is 0 Å². The average Bonchev–Trinajstić information content (AvgIpc) is 3.10. The Balaban J connectivity index is 2.25. The molecule has 0 saturated heterocycles. The molecule has 1 aliphatic carbocycles. The third-order valence-corrected chi connectivity index (χ3v) is 2.45. The Morgan fingerprint density at radius 3 is 2.94 bits per heavy atom. The van der Waals surface area contributed by atoms with E-state index in [9.17, 15) is 4.79 Å². The predicted molar refractivity (Wildman–Crippen MR) is 59.6 cm³/mol. The number of hydrogen-bond acceptors (Lipinski definition) is 4. The second-order valence-corrected chi connectivity index (χ2v) is 3.74. The van der Waals surface area contributed by atoms with E-state index in [0.29, 0.717) is 18.4 Å². The van der Waals surface area contributed by atoms with Gasteiger partial charge in [-0.1, -0.05) is 6.08 Å². The number of rotatable bonds is 5. The Kier molecular flexibility index (Phi) is 2.85. The number of carboxylic acids is 1. The topological polar surface area (TPSA) is 66.3 Å². The summed E-state index contributed by atoms with van der Waals surface area (Å²) in [5, 5.41) is 8.83. The van der Waals surface area contributed by atoms with Crippen molar-refractivity contribution >= 4 is 11.8 Å². The first-order chi connectivity index (χ1) is 7.72. The number of hydrogen-bond donors (Lipinski definition) is 1. The van der Waals surface area contributed by atoms with Crippen LogP contribution in [0.3, 0.4) is 0 Å². The second-order valence-electron chi connectivity index (χ2n) is 3.74. The Hall–Kier alpha value is -1.91. The van der Waals surface area contributed by atoms with Gasteiger partial charge in [0.25, 0.3) is 0 Å². The molecule has 0 radical (unpaired) electrons. The molecule has 0 unspecified atom stereocenters. The molecule has 0 amide bonds. The van der Waals surface area contributed by atoms with Crippen molar-refractivity contribution in [2.45, 2.75) is 18.9 Å². The normalized spacial score (nSPS) is 14.5. The van der Waals surface area contributed by atoms with Gasteiger partial charge in [0.2, 0.25) is 0 Å². The van der Waals surface area contributed by atoms with Gasteiger partial charge in [0.05, 0.1) is 12.4 Å². The summed E-state index contributed by atoms with van der Waals surface area (Å²) in [5.41, 5.74) is -0.0211. The number of aromatic nitrogens is 2. The highest BCUT2D eigenvalue weighted by molar-refractivity contribution is 5.85. The minimum Gasteiger partial charge on any atom is -0.476 e. The quantitative estimate of drug-likeness (QED) is 0.757. The first-order valence-electron chi connectivity index (χ1n) is 5.15. The summed E-state index contributed by atoms with van der Waals surface area (Å²) in [6.07, 6.45) is 6.87. The predicted octanol–water partition coefficient (Wildman–Crippen LogP) is 1.33. The van der Waals surface area contributed by atoms with Crippen molar-refractivity contribution in [1.82, 2.24) is 9.97 Å². The standard InChI is InChI=1S/C11H13N3O2/c1-2-5-14(8-3-4-8)10-7-12-6-9(13-10)11(15)16/h2,6-8H,1,3-5H2,(H,15,16). The lowest BCUT2D eigenvalue weighted by Gasteiger charge is -2.21. The molecule has 84 valence electrons. The molecule has 1 saturated carbocycles. The average molecular weight is 219 g/mol. The highest BCUT2D eigenvalue weighted by Gasteiger charge is 2.29. The molecule has 0 aliphatic heterocycles. The lowest BCUT2D eigenvalue weighted by molar-refractivity contribution is 0.0690. The van der Waals surface area contributed by atoms with Crippen molar-refractivity contribution in [3.05, 3.63) is 30.7 Å². The summed E-state index contributed by atoms with van der Waals surface area (Å²) in [6.45, 7) is 4.36. The van der Waals surface area contributed by atoms with Crippen LogP contribution in [0.1, 0.15) is 23.3 Å². The van der Waals surface area contributed by atoms with Crippen LogP contribution in [0.4, 0.5) is 5.82 Å². The molecular formula is C11H13N3O2. The van der Waals surface area contributed by atoms with Gasteiger partial charge in [0, 0.05) is 12.6 Å². The molecule has 1 aliphatic rings. The Bertz CT molecular complexity index is 415. The first-order valence-corrected chi connectivity index (χ1v) is 5.15. The molecule has 0 bridgehead atoms. The zero-order chi connectivity index (χ0) is 11.5. The van der Waals surface area contributed by atoms with E-state index in [0.717, 1.165) is 12.8 Å². The van der Waals surface area contributed by atoms with Gasteiger partial charge in [-0.05, 0) is 12.8 Å². The maximum absolute atomic E-state index is 10.8. The van der Waals surface area contributed by atoms with Crippen LogP contribution in [-0.4, -0.2) is 33.6 Å². The Morgan fingerprint density at radius 2 is 2.38 bits per heavy atom. The second kappa shape index (κ2) is 4.30. The Labute approximate surface area is 93.4 Å². The highest BCUT2D eigenvalue weighted by Crippen LogP contribution is 2.30. The van der Waals surface area contributed by atoms with Gasteiger partial charge in [-0.2, -0.15) is 0 Å². The maximum atomic E-state index is 10.8. The number of anilines is 1. The lowest BCUT2D eigenvalue weighted by Crippen LogP contribution is -2.27. The van der Waals surface area contributed by atoms with Crippen molar-refractivity contribution in [3.63, 3.8) is 0 Å². The molecule has 5 nitrogen and oxygen atoms in total. The fourth-order valence-corrected chi connectivity index (χ4v) is 1.55. The van der Waals surface area contributed by atoms with Crippen LogP contribution in [0.2, 0.25) is 0 Å². The monoisotopic (exact) mass is 219 g/mol. The van der Waals surface area contributed by atoms with Gasteiger partial charge in [0.1, 0.15) is 5.82 Å². The molecule has 5 heteroatoms. The summed E-state index contributed by atoms with van der Waals surface area (Å²) in [5.74, 6) is -0.439. The van der Waals surface area contributed by atoms with Crippen LogP contribution in [-0.2, 0) is 0 Å². The summed E-state index contributed by atoms with van der Waals surface area (Å²) >= 11 is 0. The van der Waals surface area contributed by atoms with Crippen LogP contribution in [0.25, 0.3) is 0 Å². The summed E-state index contributed by atoms with van der Waals surface area (Å²) < 4.78 is 0. The van der Waals surface area contributed by atoms with E-state index in [-0.39, 0.29) is 5.69 Å². The third-order valence-electron chi connectivity index (χ3n) is 2.45. The van der Waals surface area contributed by atoms with Gasteiger partial charge in [-0.15, -0.1) is 6.58 Å². The van der Waals surface area contributed by atoms with E-state index in [1.807, 2.05) is 4.90 Å². The summed E-state index contributed by atoms with van der Waals surface area (Å²) in [7, 11) is 0. The molecular weight excluding hydrogens is 206 g/mol.